The quantitative estimate of drug-likeness (QED) is 0.513. The van der Waals surface area contributed by atoms with Crippen LogP contribution in [0.2, 0.25) is 10.3 Å². The van der Waals surface area contributed by atoms with Crippen LogP contribution in [0.1, 0.15) is 24.0 Å². The number of pyridine rings is 2. The number of rotatable bonds is 6. The average Bonchev–Trinajstić information content (AvgIpc) is 3.14. The van der Waals surface area contributed by atoms with Gasteiger partial charge in [-0.25, -0.2) is 9.97 Å². The van der Waals surface area contributed by atoms with Crippen molar-refractivity contribution in [3.63, 3.8) is 0 Å². The standard InChI is InChI=1S/C18H20Cl2N4O2.2ClH/c19-15-8-13(9-16(20)23-15)11-26-18(25)14(21)7-12-3-4-17(22-10-12)24-5-1-2-6-24;;/h3-4,8-10,14H,1-2,5-7,11,21H2;2*1H/t14-;;/m0../s1. The Morgan fingerprint density at radius 3 is 2.36 bits per heavy atom. The van der Waals surface area contributed by atoms with Gasteiger partial charge in [-0.05, 0) is 48.6 Å². The topological polar surface area (TPSA) is 81.3 Å². The molecule has 28 heavy (non-hydrogen) atoms. The molecular weight excluding hydrogens is 446 g/mol. The van der Waals surface area contributed by atoms with Gasteiger partial charge in [0, 0.05) is 19.3 Å². The fourth-order valence-electron chi connectivity index (χ4n) is 2.87. The summed E-state index contributed by atoms with van der Waals surface area (Å²) in [6.07, 6.45) is 4.54. The number of halogens is 4. The first kappa shape index (κ1) is 24.7. The molecule has 2 aromatic heterocycles. The summed E-state index contributed by atoms with van der Waals surface area (Å²) in [5.41, 5.74) is 7.51. The Morgan fingerprint density at radius 1 is 1.14 bits per heavy atom. The number of ether oxygens (including phenoxy) is 1. The van der Waals surface area contributed by atoms with Crippen LogP contribution in [0.15, 0.2) is 30.5 Å². The van der Waals surface area contributed by atoms with E-state index in [2.05, 4.69) is 14.9 Å². The van der Waals surface area contributed by atoms with E-state index in [4.69, 9.17) is 33.7 Å². The molecule has 154 valence electrons. The van der Waals surface area contributed by atoms with E-state index >= 15 is 0 Å². The molecule has 0 amide bonds. The Bertz CT molecular complexity index is 750. The Hall–Kier alpha value is -1.31. The van der Waals surface area contributed by atoms with E-state index < -0.39 is 12.0 Å². The summed E-state index contributed by atoms with van der Waals surface area (Å²) >= 11 is 11.6. The minimum Gasteiger partial charge on any atom is -0.460 e. The number of carbonyl (C=O) groups is 1. The lowest BCUT2D eigenvalue weighted by atomic mass is 10.1. The van der Waals surface area contributed by atoms with Gasteiger partial charge in [0.2, 0.25) is 0 Å². The van der Waals surface area contributed by atoms with E-state index in [0.717, 1.165) is 24.5 Å². The molecule has 6 nitrogen and oxygen atoms in total. The van der Waals surface area contributed by atoms with Crippen molar-refractivity contribution in [1.29, 1.82) is 0 Å². The van der Waals surface area contributed by atoms with Gasteiger partial charge in [0.05, 0.1) is 0 Å². The molecular formula is C18H22Cl4N4O2. The maximum atomic E-state index is 12.1. The van der Waals surface area contributed by atoms with Crippen molar-refractivity contribution in [2.75, 3.05) is 18.0 Å². The van der Waals surface area contributed by atoms with Gasteiger partial charge >= 0.3 is 5.97 Å². The molecule has 1 aliphatic rings. The van der Waals surface area contributed by atoms with Crippen LogP contribution < -0.4 is 10.6 Å². The zero-order valence-electron chi connectivity index (χ0n) is 15.0. The Balaban J connectivity index is 0.00000196. The second-order valence-electron chi connectivity index (χ2n) is 6.26. The van der Waals surface area contributed by atoms with Crippen molar-refractivity contribution >= 4 is 59.8 Å². The highest BCUT2D eigenvalue weighted by Crippen LogP contribution is 2.18. The molecule has 0 radical (unpaired) electrons. The number of esters is 1. The summed E-state index contributed by atoms with van der Waals surface area (Å²) in [5, 5.41) is 0.494. The normalized spacial score (nSPS) is 14.0. The maximum absolute atomic E-state index is 12.1. The van der Waals surface area contributed by atoms with E-state index in [1.807, 2.05) is 12.1 Å². The summed E-state index contributed by atoms with van der Waals surface area (Å²) in [4.78, 5) is 22.7. The van der Waals surface area contributed by atoms with Crippen LogP contribution in [0.5, 0.6) is 0 Å². The molecule has 2 aromatic rings. The lowest BCUT2D eigenvalue weighted by Crippen LogP contribution is -2.34. The van der Waals surface area contributed by atoms with Crippen LogP contribution in [-0.4, -0.2) is 35.1 Å². The van der Waals surface area contributed by atoms with Crippen molar-refractivity contribution in [3.8, 4) is 0 Å². The van der Waals surface area contributed by atoms with E-state index in [-0.39, 0.29) is 41.7 Å². The first-order valence-electron chi connectivity index (χ1n) is 8.45. The van der Waals surface area contributed by atoms with Gasteiger partial charge in [0.1, 0.15) is 28.8 Å². The fraction of sp³-hybridized carbons (Fsp3) is 0.389. The number of carbonyl (C=O) groups excluding carboxylic acids is 1. The fourth-order valence-corrected chi connectivity index (χ4v) is 3.37. The Labute approximate surface area is 186 Å². The lowest BCUT2D eigenvalue weighted by molar-refractivity contribution is -0.146. The van der Waals surface area contributed by atoms with Gasteiger partial charge in [0.25, 0.3) is 0 Å². The van der Waals surface area contributed by atoms with E-state index in [1.165, 1.54) is 12.8 Å². The van der Waals surface area contributed by atoms with Crippen LogP contribution in [-0.2, 0) is 22.6 Å². The van der Waals surface area contributed by atoms with Crippen molar-refractivity contribution in [1.82, 2.24) is 9.97 Å². The third-order valence-corrected chi connectivity index (χ3v) is 4.59. The molecule has 3 heterocycles. The van der Waals surface area contributed by atoms with Crippen molar-refractivity contribution < 1.29 is 9.53 Å². The summed E-state index contributed by atoms with van der Waals surface area (Å²) < 4.78 is 5.24. The zero-order valence-corrected chi connectivity index (χ0v) is 18.2. The highest BCUT2D eigenvalue weighted by Gasteiger charge is 2.17. The van der Waals surface area contributed by atoms with E-state index in [1.54, 1.807) is 18.3 Å². The first-order chi connectivity index (χ1) is 12.5. The second kappa shape index (κ2) is 11.6. The van der Waals surface area contributed by atoms with Crippen LogP contribution >= 0.6 is 48.0 Å². The molecule has 1 fully saturated rings. The van der Waals surface area contributed by atoms with Crippen LogP contribution in [0.3, 0.4) is 0 Å². The van der Waals surface area contributed by atoms with Crippen molar-refractivity contribution in [2.45, 2.75) is 31.9 Å². The van der Waals surface area contributed by atoms with Gasteiger partial charge < -0.3 is 15.4 Å². The first-order valence-corrected chi connectivity index (χ1v) is 9.21. The van der Waals surface area contributed by atoms with E-state index in [0.29, 0.717) is 12.0 Å². The molecule has 1 saturated heterocycles. The Morgan fingerprint density at radius 2 is 1.79 bits per heavy atom. The lowest BCUT2D eigenvalue weighted by Gasteiger charge is -2.17. The highest BCUT2D eigenvalue weighted by atomic mass is 35.5. The number of nitrogens with two attached hydrogens (primary N) is 1. The van der Waals surface area contributed by atoms with Gasteiger partial charge in [-0.3, -0.25) is 4.79 Å². The van der Waals surface area contributed by atoms with Crippen molar-refractivity contribution in [2.24, 2.45) is 5.73 Å². The third kappa shape index (κ3) is 6.94. The summed E-state index contributed by atoms with van der Waals surface area (Å²) in [6.45, 7) is 2.13. The maximum Gasteiger partial charge on any atom is 0.323 e. The molecule has 1 atom stereocenters. The van der Waals surface area contributed by atoms with E-state index in [9.17, 15) is 4.79 Å². The minimum absolute atomic E-state index is 0. The predicted octanol–water partition coefficient (Wildman–Crippen LogP) is 3.84. The summed E-state index contributed by atoms with van der Waals surface area (Å²) in [6, 6.07) is 6.35. The molecule has 0 unspecified atom stereocenters. The zero-order chi connectivity index (χ0) is 18.5. The largest absolute Gasteiger partial charge is 0.460 e. The predicted molar refractivity (Wildman–Crippen MR) is 116 cm³/mol. The monoisotopic (exact) mass is 466 g/mol. The SMILES string of the molecule is Cl.Cl.N[C@@H](Cc1ccc(N2CCCC2)nc1)C(=O)OCc1cc(Cl)nc(Cl)c1. The number of hydrogen-bond donors (Lipinski definition) is 1. The second-order valence-corrected chi connectivity index (χ2v) is 7.03. The molecule has 1 aliphatic heterocycles. The average molecular weight is 468 g/mol. The summed E-state index contributed by atoms with van der Waals surface area (Å²) in [5.74, 6) is 0.478. The van der Waals surface area contributed by atoms with Crippen LogP contribution in [0.25, 0.3) is 0 Å². The Kier molecular flexibility index (Phi) is 10.3. The third-order valence-electron chi connectivity index (χ3n) is 4.20. The molecule has 10 heteroatoms. The smallest absolute Gasteiger partial charge is 0.323 e. The number of nitrogens with zero attached hydrogens (tertiary/aromatic N) is 3. The van der Waals surface area contributed by atoms with Crippen molar-refractivity contribution in [3.05, 3.63) is 51.9 Å². The highest BCUT2D eigenvalue weighted by molar-refractivity contribution is 6.32. The molecule has 0 aromatic carbocycles. The number of hydrogen-bond acceptors (Lipinski definition) is 6. The molecule has 0 aliphatic carbocycles. The molecule has 3 rings (SSSR count). The van der Waals surface area contributed by atoms with Crippen LogP contribution in [0.4, 0.5) is 5.82 Å². The molecule has 0 spiro atoms. The van der Waals surface area contributed by atoms with Gasteiger partial charge in [0.15, 0.2) is 0 Å². The number of aromatic nitrogens is 2. The molecule has 0 bridgehead atoms. The molecule has 2 N–H and O–H groups in total. The van der Waals surface area contributed by atoms with Gasteiger partial charge in [-0.1, -0.05) is 29.3 Å². The summed E-state index contributed by atoms with van der Waals surface area (Å²) in [7, 11) is 0. The number of anilines is 1. The van der Waals surface area contributed by atoms with Gasteiger partial charge in [-0.15, -0.1) is 24.8 Å². The minimum atomic E-state index is -0.762. The van der Waals surface area contributed by atoms with Crippen LogP contribution in [0, 0.1) is 0 Å². The molecule has 0 saturated carbocycles. The van der Waals surface area contributed by atoms with Gasteiger partial charge in [-0.2, -0.15) is 0 Å².